The molecule has 1 saturated carbocycles. The van der Waals surface area contributed by atoms with Crippen LogP contribution in [0.15, 0.2) is 24.4 Å². The van der Waals surface area contributed by atoms with Crippen LogP contribution in [0.3, 0.4) is 0 Å². The number of anilines is 2. The van der Waals surface area contributed by atoms with Crippen LogP contribution in [0.5, 0.6) is 0 Å². The highest BCUT2D eigenvalue weighted by Crippen LogP contribution is 2.37. The fourth-order valence-corrected chi connectivity index (χ4v) is 3.82. The number of nitrogens with one attached hydrogen (secondary N) is 2. The van der Waals surface area contributed by atoms with Crippen LogP contribution in [0.4, 0.5) is 16.4 Å². The number of hydrogen-bond acceptors (Lipinski definition) is 6. The van der Waals surface area contributed by atoms with Crippen LogP contribution < -0.4 is 10.6 Å². The quantitative estimate of drug-likeness (QED) is 0.663. The van der Waals surface area contributed by atoms with Gasteiger partial charge >= 0.3 is 6.09 Å². The molecule has 170 valence electrons. The van der Waals surface area contributed by atoms with E-state index in [4.69, 9.17) is 14.6 Å². The summed E-state index contributed by atoms with van der Waals surface area (Å²) in [6.45, 7) is 10.8. The Hall–Kier alpha value is -2.61. The van der Waals surface area contributed by atoms with Crippen molar-refractivity contribution in [3.63, 3.8) is 0 Å². The van der Waals surface area contributed by atoms with Crippen LogP contribution >= 0.6 is 0 Å². The maximum atomic E-state index is 11.9. The first-order valence-corrected chi connectivity index (χ1v) is 10.9. The Morgan fingerprint density at radius 2 is 2.06 bits per heavy atom. The highest BCUT2D eigenvalue weighted by Gasteiger charge is 2.32. The first kappa shape index (κ1) is 23.1. The van der Waals surface area contributed by atoms with E-state index in [0.717, 1.165) is 42.2 Å². The SMILES string of the molecule is COCc1ccc(Nc2cc(C3CCC(OC(=O)NC(C)C)C3)nn2C(C)(C)C)nc1. The van der Waals surface area contributed by atoms with E-state index in [1.165, 1.54) is 0 Å². The Morgan fingerprint density at radius 1 is 1.29 bits per heavy atom. The van der Waals surface area contributed by atoms with Gasteiger partial charge in [-0.2, -0.15) is 5.10 Å². The lowest BCUT2D eigenvalue weighted by atomic mass is 10.0. The Balaban J connectivity index is 1.72. The lowest BCUT2D eigenvalue weighted by molar-refractivity contribution is 0.0981. The molecule has 8 heteroatoms. The first-order valence-electron chi connectivity index (χ1n) is 10.9. The van der Waals surface area contributed by atoms with Crippen molar-refractivity contribution in [3.8, 4) is 0 Å². The number of ether oxygens (including phenoxy) is 2. The number of pyridine rings is 1. The summed E-state index contributed by atoms with van der Waals surface area (Å²) in [7, 11) is 1.67. The van der Waals surface area contributed by atoms with Gasteiger partial charge in [0.25, 0.3) is 0 Å². The predicted molar refractivity (Wildman–Crippen MR) is 121 cm³/mol. The maximum Gasteiger partial charge on any atom is 0.407 e. The molecule has 1 aliphatic rings. The standard InChI is InChI=1S/C23H35N5O3/c1-15(2)25-22(29)31-18-9-8-17(11-18)19-12-21(28(27-19)23(3,4)5)26-20-10-7-16(13-24-20)14-30-6/h7,10,12-13,15,17-18H,8-9,11,14H2,1-6H3,(H,24,26)(H,25,29). The number of carbonyl (C=O) groups excluding carboxylic acids is 1. The molecule has 0 aromatic carbocycles. The van der Waals surface area contributed by atoms with Gasteiger partial charge in [0, 0.05) is 31.3 Å². The summed E-state index contributed by atoms with van der Waals surface area (Å²) in [6.07, 6.45) is 3.98. The topological polar surface area (TPSA) is 90.3 Å². The number of aromatic nitrogens is 3. The van der Waals surface area contributed by atoms with Crippen molar-refractivity contribution < 1.29 is 14.3 Å². The summed E-state index contributed by atoms with van der Waals surface area (Å²) < 4.78 is 12.7. The Bertz CT molecular complexity index is 870. The van der Waals surface area contributed by atoms with Crippen LogP contribution in [0.2, 0.25) is 0 Å². The minimum Gasteiger partial charge on any atom is -0.446 e. The third kappa shape index (κ3) is 6.19. The minimum atomic E-state index is -0.341. The molecule has 2 heterocycles. The van der Waals surface area contributed by atoms with E-state index < -0.39 is 0 Å². The maximum absolute atomic E-state index is 11.9. The van der Waals surface area contributed by atoms with Gasteiger partial charge in [0.1, 0.15) is 17.7 Å². The zero-order valence-electron chi connectivity index (χ0n) is 19.4. The van der Waals surface area contributed by atoms with Crippen LogP contribution in [-0.4, -0.2) is 40.1 Å². The van der Waals surface area contributed by atoms with E-state index in [1.54, 1.807) is 7.11 Å². The molecule has 1 aliphatic carbocycles. The monoisotopic (exact) mass is 429 g/mol. The molecule has 0 spiro atoms. The predicted octanol–water partition coefficient (Wildman–Crippen LogP) is 4.69. The molecule has 2 aromatic heterocycles. The van der Waals surface area contributed by atoms with E-state index in [0.29, 0.717) is 6.61 Å². The van der Waals surface area contributed by atoms with Crippen molar-refractivity contribution in [1.29, 1.82) is 0 Å². The molecule has 2 N–H and O–H groups in total. The molecule has 31 heavy (non-hydrogen) atoms. The molecule has 1 amide bonds. The number of methoxy groups -OCH3 is 1. The number of rotatable bonds is 7. The van der Waals surface area contributed by atoms with E-state index in [9.17, 15) is 4.79 Å². The van der Waals surface area contributed by atoms with Gasteiger partial charge in [0.05, 0.1) is 17.8 Å². The first-order chi connectivity index (χ1) is 14.7. The molecule has 3 rings (SSSR count). The number of alkyl carbamates (subject to hydrolysis) is 1. The molecule has 2 atom stereocenters. The molecular formula is C23H35N5O3. The normalized spacial score (nSPS) is 18.9. The van der Waals surface area contributed by atoms with Gasteiger partial charge in [-0.25, -0.2) is 14.5 Å². The van der Waals surface area contributed by atoms with Crippen molar-refractivity contribution in [1.82, 2.24) is 20.1 Å². The van der Waals surface area contributed by atoms with Crippen molar-refractivity contribution in [3.05, 3.63) is 35.7 Å². The average molecular weight is 430 g/mol. The van der Waals surface area contributed by atoms with E-state index in [1.807, 2.05) is 36.9 Å². The molecule has 8 nitrogen and oxygen atoms in total. The molecule has 0 aliphatic heterocycles. The summed E-state index contributed by atoms with van der Waals surface area (Å²) in [5, 5.41) is 11.1. The summed E-state index contributed by atoms with van der Waals surface area (Å²) in [4.78, 5) is 16.4. The second kappa shape index (κ2) is 9.68. The van der Waals surface area contributed by atoms with Gasteiger partial charge in [-0.3, -0.25) is 0 Å². The van der Waals surface area contributed by atoms with Crippen LogP contribution in [-0.2, 0) is 21.6 Å². The minimum absolute atomic E-state index is 0.0676. The number of nitrogens with zero attached hydrogens (tertiary/aromatic N) is 3. The van der Waals surface area contributed by atoms with Crippen LogP contribution in [0, 0.1) is 0 Å². The molecule has 1 fully saturated rings. The lowest BCUT2D eigenvalue weighted by Gasteiger charge is -2.22. The third-order valence-corrected chi connectivity index (χ3v) is 5.24. The average Bonchev–Trinajstić information content (AvgIpc) is 3.29. The molecule has 2 aromatic rings. The van der Waals surface area contributed by atoms with E-state index in [2.05, 4.69) is 42.5 Å². The fourth-order valence-electron chi connectivity index (χ4n) is 3.82. The van der Waals surface area contributed by atoms with Gasteiger partial charge in [0.15, 0.2) is 0 Å². The van der Waals surface area contributed by atoms with Crippen molar-refractivity contribution >= 4 is 17.7 Å². The second-order valence-corrected chi connectivity index (χ2v) is 9.48. The number of amides is 1. The van der Waals surface area contributed by atoms with Crippen molar-refractivity contribution in [2.75, 3.05) is 12.4 Å². The van der Waals surface area contributed by atoms with Gasteiger partial charge in [0.2, 0.25) is 0 Å². The molecule has 0 radical (unpaired) electrons. The van der Waals surface area contributed by atoms with Crippen molar-refractivity contribution in [2.24, 2.45) is 0 Å². The van der Waals surface area contributed by atoms with Crippen LogP contribution in [0.25, 0.3) is 0 Å². The summed E-state index contributed by atoms with van der Waals surface area (Å²) in [6, 6.07) is 6.11. The molecule has 2 unspecified atom stereocenters. The van der Waals surface area contributed by atoms with Crippen molar-refractivity contribution in [2.45, 2.75) is 84.1 Å². The highest BCUT2D eigenvalue weighted by molar-refractivity contribution is 5.67. The number of carbonyl (C=O) groups is 1. The second-order valence-electron chi connectivity index (χ2n) is 9.48. The smallest absolute Gasteiger partial charge is 0.407 e. The van der Waals surface area contributed by atoms with Gasteiger partial charge < -0.3 is 20.1 Å². The highest BCUT2D eigenvalue weighted by atomic mass is 16.6. The molecule has 0 bridgehead atoms. The Morgan fingerprint density at radius 3 is 2.68 bits per heavy atom. The third-order valence-electron chi connectivity index (χ3n) is 5.24. The Labute approximate surface area is 184 Å². The summed E-state index contributed by atoms with van der Waals surface area (Å²) in [5.74, 6) is 1.92. The van der Waals surface area contributed by atoms with Gasteiger partial charge in [-0.15, -0.1) is 0 Å². The van der Waals surface area contributed by atoms with E-state index in [-0.39, 0.29) is 29.7 Å². The zero-order chi connectivity index (χ0) is 22.6. The van der Waals surface area contributed by atoms with E-state index >= 15 is 0 Å². The molecular weight excluding hydrogens is 394 g/mol. The number of hydrogen-bond donors (Lipinski definition) is 2. The summed E-state index contributed by atoms with van der Waals surface area (Å²) >= 11 is 0. The largest absolute Gasteiger partial charge is 0.446 e. The lowest BCUT2D eigenvalue weighted by Crippen LogP contribution is -2.33. The Kier molecular flexibility index (Phi) is 7.20. The summed E-state index contributed by atoms with van der Waals surface area (Å²) in [5.41, 5.74) is 1.85. The van der Waals surface area contributed by atoms with Crippen LogP contribution in [0.1, 0.15) is 71.1 Å². The molecule has 0 saturated heterocycles. The van der Waals surface area contributed by atoms with Gasteiger partial charge in [-0.05, 0) is 65.5 Å². The van der Waals surface area contributed by atoms with Gasteiger partial charge in [-0.1, -0.05) is 6.07 Å². The zero-order valence-corrected chi connectivity index (χ0v) is 19.4. The fraction of sp³-hybridized carbons (Fsp3) is 0.609.